The van der Waals surface area contributed by atoms with Crippen molar-refractivity contribution in [3.63, 3.8) is 0 Å². The lowest BCUT2D eigenvalue weighted by molar-refractivity contribution is 0.405. The fraction of sp³-hybridized carbons (Fsp3) is 0.231. The SMILES string of the molecule is COc1ccc(Cl)cc1C(N[S+]([O-])C(C)(C)C)c1cc2ccccc2n1S(=O)(=O)c1ccccc1. The Morgan fingerprint density at radius 3 is 2.31 bits per heavy atom. The maximum absolute atomic E-state index is 14.0. The summed E-state index contributed by atoms with van der Waals surface area (Å²) in [6.07, 6.45) is 0. The smallest absolute Gasteiger partial charge is 0.268 e. The monoisotopic (exact) mass is 530 g/mol. The van der Waals surface area contributed by atoms with Gasteiger partial charge in [-0.2, -0.15) is 0 Å². The predicted molar refractivity (Wildman–Crippen MR) is 142 cm³/mol. The van der Waals surface area contributed by atoms with Crippen LogP contribution in [0.5, 0.6) is 5.75 Å². The van der Waals surface area contributed by atoms with Crippen LogP contribution in [0.3, 0.4) is 0 Å². The lowest BCUT2D eigenvalue weighted by atomic mass is 10.0. The molecule has 0 bridgehead atoms. The van der Waals surface area contributed by atoms with Crippen LogP contribution in [0.25, 0.3) is 10.9 Å². The molecular formula is C26H27ClN2O4S2. The van der Waals surface area contributed by atoms with Gasteiger partial charge in [0.05, 0.1) is 23.2 Å². The van der Waals surface area contributed by atoms with Crippen molar-refractivity contribution in [3.05, 3.63) is 95.1 Å². The highest BCUT2D eigenvalue weighted by Crippen LogP contribution is 2.38. The number of nitrogens with one attached hydrogen (secondary N) is 1. The highest BCUT2D eigenvalue weighted by molar-refractivity contribution is 7.91. The summed E-state index contributed by atoms with van der Waals surface area (Å²) in [6, 6.07) is 21.6. The van der Waals surface area contributed by atoms with Crippen molar-refractivity contribution in [2.75, 3.05) is 7.11 Å². The van der Waals surface area contributed by atoms with Gasteiger partial charge >= 0.3 is 0 Å². The van der Waals surface area contributed by atoms with E-state index < -0.39 is 32.2 Å². The highest BCUT2D eigenvalue weighted by Gasteiger charge is 2.36. The molecule has 0 fully saturated rings. The number of hydrogen-bond donors (Lipinski definition) is 1. The van der Waals surface area contributed by atoms with Crippen LogP contribution in [0.4, 0.5) is 0 Å². The lowest BCUT2D eigenvalue weighted by Crippen LogP contribution is -2.42. The van der Waals surface area contributed by atoms with E-state index in [1.54, 1.807) is 66.7 Å². The summed E-state index contributed by atoms with van der Waals surface area (Å²) in [5, 5.41) is 1.18. The van der Waals surface area contributed by atoms with Crippen LogP contribution in [0.1, 0.15) is 38.1 Å². The molecule has 0 aliphatic heterocycles. The molecule has 0 spiro atoms. The Hall–Kier alpha value is -2.49. The van der Waals surface area contributed by atoms with Crippen LogP contribution < -0.4 is 9.46 Å². The van der Waals surface area contributed by atoms with E-state index in [0.717, 1.165) is 5.39 Å². The molecule has 0 aliphatic carbocycles. The summed E-state index contributed by atoms with van der Waals surface area (Å²) >= 11 is 4.81. The van der Waals surface area contributed by atoms with E-state index in [2.05, 4.69) is 4.72 Å². The first kappa shape index (κ1) is 25.6. The number of halogens is 1. The number of aromatic nitrogens is 1. The van der Waals surface area contributed by atoms with Crippen molar-refractivity contribution in [1.29, 1.82) is 0 Å². The van der Waals surface area contributed by atoms with E-state index in [-0.39, 0.29) is 4.90 Å². The molecular weight excluding hydrogens is 504 g/mol. The number of benzene rings is 3. The minimum absolute atomic E-state index is 0.149. The summed E-state index contributed by atoms with van der Waals surface area (Å²) in [4.78, 5) is 0.149. The summed E-state index contributed by atoms with van der Waals surface area (Å²) in [7, 11) is -2.47. The molecule has 6 nitrogen and oxygen atoms in total. The summed E-state index contributed by atoms with van der Waals surface area (Å²) in [5.74, 6) is 0.492. The van der Waals surface area contributed by atoms with Gasteiger partial charge in [-0.1, -0.05) is 48.0 Å². The average Bonchev–Trinajstić information content (AvgIpc) is 3.22. The van der Waals surface area contributed by atoms with Crippen LogP contribution in [0.15, 0.2) is 83.8 Å². The van der Waals surface area contributed by atoms with E-state index in [0.29, 0.717) is 27.5 Å². The van der Waals surface area contributed by atoms with Crippen LogP contribution in [0.2, 0.25) is 5.02 Å². The van der Waals surface area contributed by atoms with E-state index >= 15 is 0 Å². The van der Waals surface area contributed by atoms with Crippen LogP contribution in [0, 0.1) is 0 Å². The van der Waals surface area contributed by atoms with E-state index in [4.69, 9.17) is 16.3 Å². The normalized spacial score (nSPS) is 14.1. The van der Waals surface area contributed by atoms with Gasteiger partial charge in [-0.15, -0.1) is 4.72 Å². The van der Waals surface area contributed by atoms with Gasteiger partial charge in [0.25, 0.3) is 10.0 Å². The van der Waals surface area contributed by atoms with Crippen LogP contribution in [-0.2, 0) is 21.4 Å². The van der Waals surface area contributed by atoms with Crippen molar-refractivity contribution < 1.29 is 17.7 Å². The third-order valence-electron chi connectivity index (χ3n) is 5.55. The summed E-state index contributed by atoms with van der Waals surface area (Å²) in [5.41, 5.74) is 1.49. The molecule has 0 radical (unpaired) electrons. The minimum atomic E-state index is -4.00. The van der Waals surface area contributed by atoms with Crippen molar-refractivity contribution in [1.82, 2.24) is 8.69 Å². The zero-order valence-corrected chi connectivity index (χ0v) is 22.2. The van der Waals surface area contributed by atoms with Crippen LogP contribution in [-0.4, -0.2) is 28.8 Å². The van der Waals surface area contributed by atoms with E-state index in [1.807, 2.05) is 32.9 Å². The number of para-hydroxylation sites is 1. The molecule has 2 unspecified atom stereocenters. The van der Waals surface area contributed by atoms with Gasteiger partial charge in [0.2, 0.25) is 0 Å². The minimum Gasteiger partial charge on any atom is -0.598 e. The lowest BCUT2D eigenvalue weighted by Gasteiger charge is -2.29. The maximum Gasteiger partial charge on any atom is 0.268 e. The third kappa shape index (κ3) is 5.08. The molecule has 3 aromatic carbocycles. The topological polar surface area (TPSA) is 83.4 Å². The second-order valence-electron chi connectivity index (χ2n) is 9.03. The number of methoxy groups -OCH3 is 1. The number of nitrogens with zero attached hydrogens (tertiary/aromatic N) is 1. The quantitative estimate of drug-likeness (QED) is 0.311. The zero-order chi connectivity index (χ0) is 25.4. The number of hydrogen-bond acceptors (Lipinski definition) is 5. The fourth-order valence-electron chi connectivity index (χ4n) is 3.82. The molecule has 0 saturated carbocycles. The first-order valence-corrected chi connectivity index (χ1v) is 13.9. The summed E-state index contributed by atoms with van der Waals surface area (Å²) in [6.45, 7) is 5.54. The molecule has 1 N–H and O–H groups in total. The average molecular weight is 531 g/mol. The van der Waals surface area contributed by atoms with Crippen molar-refractivity contribution in [2.24, 2.45) is 0 Å². The molecule has 1 aromatic heterocycles. The fourth-order valence-corrected chi connectivity index (χ4v) is 6.38. The van der Waals surface area contributed by atoms with Crippen molar-refractivity contribution in [3.8, 4) is 5.75 Å². The van der Waals surface area contributed by atoms with Crippen molar-refractivity contribution in [2.45, 2.75) is 36.5 Å². The Bertz CT molecular complexity index is 1450. The van der Waals surface area contributed by atoms with Gasteiger partial charge in [0.1, 0.15) is 16.5 Å². The maximum atomic E-state index is 14.0. The Balaban J connectivity index is 2.04. The second-order valence-corrected chi connectivity index (χ2v) is 13.2. The molecule has 4 aromatic rings. The Labute approximate surface area is 214 Å². The van der Waals surface area contributed by atoms with E-state index in [9.17, 15) is 13.0 Å². The molecule has 0 saturated heterocycles. The van der Waals surface area contributed by atoms with Gasteiger partial charge in [-0.3, -0.25) is 0 Å². The molecule has 2 atom stereocenters. The molecule has 4 rings (SSSR count). The van der Waals surface area contributed by atoms with Gasteiger partial charge in [-0.05, 0) is 63.2 Å². The van der Waals surface area contributed by atoms with Gasteiger partial charge in [-0.25, -0.2) is 12.4 Å². The molecule has 35 heavy (non-hydrogen) atoms. The first-order chi connectivity index (χ1) is 16.5. The van der Waals surface area contributed by atoms with E-state index in [1.165, 1.54) is 11.1 Å². The largest absolute Gasteiger partial charge is 0.598 e. The Kier molecular flexibility index (Phi) is 7.22. The predicted octanol–water partition coefficient (Wildman–Crippen LogP) is 5.68. The molecule has 0 amide bonds. The number of ether oxygens (including phenoxy) is 1. The van der Waals surface area contributed by atoms with Gasteiger partial charge < -0.3 is 9.29 Å². The number of rotatable bonds is 7. The third-order valence-corrected chi connectivity index (χ3v) is 9.11. The Morgan fingerprint density at radius 1 is 1.00 bits per heavy atom. The van der Waals surface area contributed by atoms with Gasteiger partial charge in [0, 0.05) is 27.3 Å². The second kappa shape index (κ2) is 9.87. The highest BCUT2D eigenvalue weighted by atomic mass is 35.5. The van der Waals surface area contributed by atoms with Crippen molar-refractivity contribution >= 4 is 43.9 Å². The Morgan fingerprint density at radius 2 is 1.66 bits per heavy atom. The first-order valence-electron chi connectivity index (χ1n) is 11.0. The molecule has 9 heteroatoms. The summed E-state index contributed by atoms with van der Waals surface area (Å²) < 4.78 is 50.7. The zero-order valence-electron chi connectivity index (χ0n) is 19.9. The standard InChI is InChI=1S/C26H27ClN2O4S2/c1-26(2,3)34(30)28-25(21-17-19(27)14-15-24(21)33-4)23-16-18-10-8-9-13-22(18)29(23)35(31,32)20-11-6-5-7-12-20/h5-17,25,28H,1-4H3. The molecule has 1 heterocycles. The molecule has 184 valence electrons. The number of fused-ring (bicyclic) bond motifs is 1. The van der Waals surface area contributed by atoms with Gasteiger partial charge in [0.15, 0.2) is 0 Å². The molecule has 0 aliphatic rings. The van der Waals surface area contributed by atoms with Crippen LogP contribution >= 0.6 is 11.6 Å².